The Bertz CT molecular complexity index is 1200. The number of nitrogens with zero attached hydrogens (tertiary/aromatic N) is 4. The smallest absolute Gasteiger partial charge is 0.312 e. The summed E-state index contributed by atoms with van der Waals surface area (Å²) in [4.78, 5) is 12.2. The molecular weight excluding hydrogens is 550 g/mol. The van der Waals surface area contributed by atoms with Gasteiger partial charge in [-0.2, -0.15) is 14.4 Å². The number of aryl methyl sites for hydroxylation is 1. The Hall–Kier alpha value is -2.06. The van der Waals surface area contributed by atoms with Crippen LogP contribution in [-0.2, 0) is 24.0 Å². The number of nitrogens with one attached hydrogen (secondary N) is 1. The molecule has 0 saturated carbocycles. The summed E-state index contributed by atoms with van der Waals surface area (Å²) in [6.45, 7) is 6.94. The molecule has 172 valence electrons. The number of hydrogen-bond donors (Lipinski definition) is 2. The van der Waals surface area contributed by atoms with Crippen LogP contribution < -0.4 is 19.9 Å². The standard InChI is InChI=1S/C20H24FIN6O3S/c1-20(2,3)32(29)24-5-4-6-28-15(25-16-17(23)26-19(21)27-18(16)28)8-11-7-13-14(9-12(11)22)31-10-30-13/h7,9,24H,4-6,8,10H2,1-3H3,(H2,23,26,27). The van der Waals surface area contributed by atoms with Crippen LogP contribution in [0, 0.1) is 9.65 Å². The molecule has 0 amide bonds. The van der Waals surface area contributed by atoms with Gasteiger partial charge in [-0.25, -0.2) is 13.9 Å². The molecule has 3 N–H and O–H groups in total. The maximum absolute atomic E-state index is 13.9. The first-order chi connectivity index (χ1) is 15.1. The van der Waals surface area contributed by atoms with Crippen molar-refractivity contribution in [2.45, 2.75) is 44.9 Å². The topological polar surface area (TPSA) is 117 Å². The van der Waals surface area contributed by atoms with E-state index >= 15 is 0 Å². The number of ether oxygens (including phenoxy) is 2. The second kappa shape index (κ2) is 9.06. The number of imidazole rings is 1. The minimum atomic E-state index is -1.17. The second-order valence-corrected chi connectivity index (χ2v) is 11.5. The number of anilines is 1. The van der Waals surface area contributed by atoms with E-state index in [1.54, 1.807) is 0 Å². The first-order valence-corrected chi connectivity index (χ1v) is 12.3. The van der Waals surface area contributed by atoms with Crippen molar-refractivity contribution in [1.29, 1.82) is 0 Å². The third kappa shape index (κ3) is 4.81. The molecule has 0 bridgehead atoms. The van der Waals surface area contributed by atoms with Crippen LogP contribution in [0.25, 0.3) is 11.2 Å². The number of aromatic nitrogens is 4. The van der Waals surface area contributed by atoms with Crippen molar-refractivity contribution in [2.75, 3.05) is 19.1 Å². The first-order valence-electron chi connectivity index (χ1n) is 10.0. The van der Waals surface area contributed by atoms with Gasteiger partial charge in [-0.15, -0.1) is 0 Å². The Morgan fingerprint density at radius 3 is 2.69 bits per heavy atom. The van der Waals surface area contributed by atoms with Crippen molar-refractivity contribution in [3.05, 3.63) is 33.2 Å². The average Bonchev–Trinajstić information content (AvgIpc) is 3.29. The Labute approximate surface area is 201 Å². The van der Waals surface area contributed by atoms with E-state index in [0.717, 1.165) is 9.13 Å². The van der Waals surface area contributed by atoms with E-state index in [1.165, 1.54) is 0 Å². The Morgan fingerprint density at radius 1 is 1.25 bits per heavy atom. The van der Waals surface area contributed by atoms with Crippen LogP contribution in [-0.4, -0.2) is 41.8 Å². The number of nitrogens with two attached hydrogens (primary N) is 1. The molecule has 1 aromatic carbocycles. The number of rotatable bonds is 7. The SMILES string of the molecule is CC(C)(C)S(=O)NCCCn1c(Cc2cc3c(cc2I)OCO3)nc2c(N)nc(F)nc21. The average molecular weight is 574 g/mol. The summed E-state index contributed by atoms with van der Waals surface area (Å²) in [7, 11) is -1.17. The molecule has 3 heterocycles. The summed E-state index contributed by atoms with van der Waals surface area (Å²) in [5.74, 6) is 2.07. The Kier molecular flexibility index (Phi) is 6.54. The monoisotopic (exact) mass is 574 g/mol. The zero-order valence-corrected chi connectivity index (χ0v) is 20.9. The molecule has 0 saturated heterocycles. The molecule has 4 rings (SSSR count). The van der Waals surface area contributed by atoms with Crippen molar-refractivity contribution >= 4 is 50.6 Å². The van der Waals surface area contributed by atoms with Crippen molar-refractivity contribution in [3.8, 4) is 11.5 Å². The highest BCUT2D eigenvalue weighted by Crippen LogP contribution is 2.36. The van der Waals surface area contributed by atoms with Gasteiger partial charge in [0.05, 0.1) is 15.7 Å². The number of halogens is 2. The summed E-state index contributed by atoms with van der Waals surface area (Å²) in [5.41, 5.74) is 7.62. The first kappa shape index (κ1) is 23.1. The fourth-order valence-corrected chi connectivity index (χ4v) is 4.68. The van der Waals surface area contributed by atoms with Crippen LogP contribution in [0.15, 0.2) is 12.1 Å². The van der Waals surface area contributed by atoms with E-state index in [0.29, 0.717) is 54.4 Å². The minimum absolute atomic E-state index is 0.000144. The summed E-state index contributed by atoms with van der Waals surface area (Å²) < 4.78 is 42.6. The van der Waals surface area contributed by atoms with Crippen molar-refractivity contribution in [3.63, 3.8) is 0 Å². The molecule has 0 radical (unpaired) electrons. The van der Waals surface area contributed by atoms with Crippen LogP contribution in [0.2, 0.25) is 0 Å². The lowest BCUT2D eigenvalue weighted by Crippen LogP contribution is -2.34. The lowest BCUT2D eigenvalue weighted by Gasteiger charge is -2.18. The molecule has 0 spiro atoms. The Balaban J connectivity index is 1.62. The quantitative estimate of drug-likeness (QED) is 0.253. The molecule has 1 aliphatic rings. The highest BCUT2D eigenvalue weighted by atomic mass is 127. The lowest BCUT2D eigenvalue weighted by atomic mass is 10.1. The van der Waals surface area contributed by atoms with E-state index in [4.69, 9.17) is 15.2 Å². The molecule has 9 nitrogen and oxygen atoms in total. The highest BCUT2D eigenvalue weighted by Gasteiger charge is 2.22. The molecule has 32 heavy (non-hydrogen) atoms. The molecule has 1 atom stereocenters. The zero-order valence-electron chi connectivity index (χ0n) is 17.9. The van der Waals surface area contributed by atoms with Gasteiger partial charge in [-0.1, -0.05) is 0 Å². The second-order valence-electron chi connectivity index (χ2n) is 8.33. The third-order valence-electron chi connectivity index (χ3n) is 4.91. The van der Waals surface area contributed by atoms with E-state index < -0.39 is 17.1 Å². The van der Waals surface area contributed by atoms with Gasteiger partial charge in [0, 0.05) is 23.1 Å². The summed E-state index contributed by atoms with van der Waals surface area (Å²) in [6.07, 6.45) is 0.213. The van der Waals surface area contributed by atoms with Gasteiger partial charge in [0.15, 0.2) is 28.5 Å². The number of benzene rings is 1. The fourth-order valence-electron chi connectivity index (χ4n) is 3.29. The number of fused-ring (bicyclic) bond motifs is 2. The van der Waals surface area contributed by atoms with Gasteiger partial charge in [0.2, 0.25) is 6.79 Å². The minimum Gasteiger partial charge on any atom is -0.454 e. The van der Waals surface area contributed by atoms with Crippen LogP contribution in [0.4, 0.5) is 10.2 Å². The van der Waals surface area contributed by atoms with Gasteiger partial charge in [0.25, 0.3) is 0 Å². The normalized spacial score (nSPS) is 14.3. The number of hydrogen-bond acceptors (Lipinski definition) is 7. The van der Waals surface area contributed by atoms with Crippen molar-refractivity contribution in [2.24, 2.45) is 0 Å². The van der Waals surface area contributed by atoms with Gasteiger partial charge >= 0.3 is 6.08 Å². The molecule has 3 aromatic rings. The van der Waals surface area contributed by atoms with Gasteiger partial charge in [-0.05, 0) is 67.5 Å². The zero-order chi connectivity index (χ0) is 23.0. The van der Waals surface area contributed by atoms with E-state index in [-0.39, 0.29) is 17.4 Å². The fraction of sp³-hybridized carbons (Fsp3) is 0.450. The van der Waals surface area contributed by atoms with E-state index in [9.17, 15) is 8.60 Å². The summed E-state index contributed by atoms with van der Waals surface area (Å²) >= 11 is 2.24. The van der Waals surface area contributed by atoms with Gasteiger partial charge in [-0.3, -0.25) is 0 Å². The van der Waals surface area contributed by atoms with Crippen LogP contribution in [0.3, 0.4) is 0 Å². The van der Waals surface area contributed by atoms with Gasteiger partial charge < -0.3 is 19.8 Å². The maximum atomic E-state index is 13.9. The molecular formula is C20H24FIN6O3S. The molecule has 0 aliphatic carbocycles. The third-order valence-corrected chi connectivity index (χ3v) is 7.49. The van der Waals surface area contributed by atoms with Crippen LogP contribution in [0.5, 0.6) is 11.5 Å². The summed E-state index contributed by atoms with van der Waals surface area (Å²) in [5, 5.41) is 0. The lowest BCUT2D eigenvalue weighted by molar-refractivity contribution is 0.174. The van der Waals surface area contributed by atoms with Crippen molar-refractivity contribution in [1.82, 2.24) is 24.2 Å². The van der Waals surface area contributed by atoms with Gasteiger partial charge in [0.1, 0.15) is 5.82 Å². The predicted octanol–water partition coefficient (Wildman–Crippen LogP) is 2.91. The predicted molar refractivity (Wildman–Crippen MR) is 128 cm³/mol. The van der Waals surface area contributed by atoms with Crippen molar-refractivity contribution < 1.29 is 18.1 Å². The molecule has 1 unspecified atom stereocenters. The molecule has 12 heteroatoms. The van der Waals surface area contributed by atoms with Crippen LogP contribution in [0.1, 0.15) is 38.6 Å². The summed E-state index contributed by atoms with van der Waals surface area (Å²) in [6, 6.07) is 3.85. The Morgan fingerprint density at radius 2 is 1.97 bits per heavy atom. The van der Waals surface area contributed by atoms with E-state index in [2.05, 4.69) is 42.3 Å². The highest BCUT2D eigenvalue weighted by molar-refractivity contribution is 14.1. The maximum Gasteiger partial charge on any atom is 0.312 e. The largest absolute Gasteiger partial charge is 0.454 e. The number of nitrogen functional groups attached to an aromatic ring is 1. The van der Waals surface area contributed by atoms with E-state index in [1.807, 2.05) is 37.5 Å². The molecule has 2 aromatic heterocycles. The molecule has 0 fully saturated rings. The van der Waals surface area contributed by atoms with Crippen LogP contribution >= 0.6 is 22.6 Å². The molecule has 1 aliphatic heterocycles.